The van der Waals surface area contributed by atoms with Gasteiger partial charge in [-0.2, -0.15) is 13.2 Å². The molecule has 150 valence electrons. The van der Waals surface area contributed by atoms with Gasteiger partial charge in [0.05, 0.1) is 12.2 Å². The van der Waals surface area contributed by atoms with Gasteiger partial charge in [-0.1, -0.05) is 12.1 Å². The summed E-state index contributed by atoms with van der Waals surface area (Å²) in [7, 11) is 0. The summed E-state index contributed by atoms with van der Waals surface area (Å²) in [5.74, 6) is 0.0323. The number of pyridine rings is 1. The van der Waals surface area contributed by atoms with Gasteiger partial charge in [0, 0.05) is 25.3 Å². The van der Waals surface area contributed by atoms with Crippen molar-refractivity contribution in [1.29, 1.82) is 0 Å². The Labute approximate surface area is 159 Å². The number of nitrogens with zero attached hydrogens (tertiary/aromatic N) is 2. The van der Waals surface area contributed by atoms with Crippen LogP contribution in [0.2, 0.25) is 0 Å². The Morgan fingerprint density at radius 3 is 2.71 bits per heavy atom. The molecule has 9 heteroatoms. The van der Waals surface area contributed by atoms with Crippen molar-refractivity contribution in [1.82, 2.24) is 9.88 Å². The number of halogens is 3. The van der Waals surface area contributed by atoms with Crippen LogP contribution in [0, 0.1) is 0 Å². The number of carbonyl (C=O) groups excluding carboxylic acids is 1. The predicted octanol–water partition coefficient (Wildman–Crippen LogP) is 2.68. The monoisotopic (exact) mass is 395 g/mol. The molecule has 0 saturated carbocycles. The third-order valence-electron chi connectivity index (χ3n) is 4.46. The minimum Gasteiger partial charge on any atom is -0.484 e. The maximum Gasteiger partial charge on any atom is 0.419 e. The van der Waals surface area contributed by atoms with E-state index in [0.717, 1.165) is 11.6 Å². The normalized spacial score (nSPS) is 16.9. The zero-order chi connectivity index (χ0) is 20.1. The second-order valence-electron chi connectivity index (χ2n) is 6.46. The van der Waals surface area contributed by atoms with Crippen LogP contribution in [0.3, 0.4) is 0 Å². The van der Waals surface area contributed by atoms with Crippen molar-refractivity contribution >= 4 is 11.7 Å². The number of carbonyl (C=O) groups is 1. The molecule has 6 nitrogen and oxygen atoms in total. The lowest BCUT2D eigenvalue weighted by Gasteiger charge is -2.19. The van der Waals surface area contributed by atoms with Crippen LogP contribution in [-0.2, 0) is 17.6 Å². The van der Waals surface area contributed by atoms with Crippen LogP contribution in [0.5, 0.6) is 5.75 Å². The highest BCUT2D eigenvalue weighted by atomic mass is 19.4. The number of benzene rings is 1. The van der Waals surface area contributed by atoms with E-state index in [1.165, 1.54) is 12.3 Å². The van der Waals surface area contributed by atoms with Crippen molar-refractivity contribution in [2.24, 2.45) is 0 Å². The smallest absolute Gasteiger partial charge is 0.419 e. The van der Waals surface area contributed by atoms with Crippen LogP contribution >= 0.6 is 0 Å². The van der Waals surface area contributed by atoms with Crippen molar-refractivity contribution in [3.05, 3.63) is 53.7 Å². The molecule has 1 amide bonds. The molecule has 1 aliphatic rings. The molecular formula is C19H20F3N3O3. The van der Waals surface area contributed by atoms with Crippen molar-refractivity contribution in [3.8, 4) is 5.75 Å². The maximum atomic E-state index is 13.1. The number of alkyl halides is 3. The predicted molar refractivity (Wildman–Crippen MR) is 95.7 cm³/mol. The summed E-state index contributed by atoms with van der Waals surface area (Å²) in [5, 5.41) is 11.8. The van der Waals surface area contributed by atoms with E-state index < -0.39 is 11.7 Å². The third kappa shape index (κ3) is 4.92. The number of amides is 1. The minimum absolute atomic E-state index is 0.0757. The van der Waals surface area contributed by atoms with Crippen LogP contribution in [0.4, 0.5) is 19.0 Å². The summed E-state index contributed by atoms with van der Waals surface area (Å²) in [6.45, 7) is 0.466. The molecule has 0 radical (unpaired) electrons. The van der Waals surface area contributed by atoms with Crippen LogP contribution < -0.4 is 10.1 Å². The summed E-state index contributed by atoms with van der Waals surface area (Å²) in [6, 6.07) is 8.61. The Hall–Kier alpha value is -2.81. The topological polar surface area (TPSA) is 74.7 Å². The van der Waals surface area contributed by atoms with Crippen molar-refractivity contribution in [3.63, 3.8) is 0 Å². The van der Waals surface area contributed by atoms with Crippen molar-refractivity contribution < 1.29 is 27.8 Å². The van der Waals surface area contributed by atoms with Crippen molar-refractivity contribution in [2.45, 2.75) is 25.2 Å². The molecule has 1 fully saturated rings. The number of aliphatic hydroxyl groups excluding tert-OH is 1. The van der Waals surface area contributed by atoms with Gasteiger partial charge in [-0.3, -0.25) is 4.79 Å². The van der Waals surface area contributed by atoms with Crippen molar-refractivity contribution in [2.75, 3.05) is 25.0 Å². The Balaban J connectivity index is 1.53. The number of anilines is 1. The highest BCUT2D eigenvalue weighted by Crippen LogP contribution is 2.34. The van der Waals surface area contributed by atoms with Gasteiger partial charge in [0.2, 0.25) is 0 Å². The Kier molecular flexibility index (Phi) is 6.03. The first-order valence-corrected chi connectivity index (χ1v) is 8.76. The molecule has 0 bridgehead atoms. The Bertz CT molecular complexity index is 812. The Morgan fingerprint density at radius 1 is 1.29 bits per heavy atom. The second-order valence-corrected chi connectivity index (χ2v) is 6.46. The second kappa shape index (κ2) is 8.47. The SMILES string of the molecule is O=C(COc1ccc(CO)cc1)N1CC[C@@H](Nc2ncccc2C(F)(F)F)C1. The first-order valence-electron chi connectivity index (χ1n) is 8.76. The fourth-order valence-corrected chi connectivity index (χ4v) is 2.97. The lowest BCUT2D eigenvalue weighted by molar-refractivity contribution is -0.137. The summed E-state index contributed by atoms with van der Waals surface area (Å²) in [4.78, 5) is 17.6. The number of rotatable bonds is 6. The van der Waals surface area contributed by atoms with E-state index in [4.69, 9.17) is 9.84 Å². The zero-order valence-electron chi connectivity index (χ0n) is 14.9. The summed E-state index contributed by atoms with van der Waals surface area (Å²) in [5.41, 5.74) is -0.0886. The van der Waals surface area contributed by atoms with Gasteiger partial charge >= 0.3 is 6.18 Å². The minimum atomic E-state index is -4.50. The fourth-order valence-electron chi connectivity index (χ4n) is 2.97. The molecule has 2 heterocycles. The van der Waals surface area contributed by atoms with E-state index in [2.05, 4.69) is 10.3 Å². The standard InChI is InChI=1S/C19H20F3N3O3/c20-19(21,22)16-2-1-8-23-18(16)24-14-7-9-25(10-14)17(27)12-28-15-5-3-13(11-26)4-6-15/h1-6,8,14,26H,7,9-12H2,(H,23,24)/t14-/m1/s1. The number of hydrogen-bond acceptors (Lipinski definition) is 5. The Morgan fingerprint density at radius 2 is 2.04 bits per heavy atom. The van der Waals surface area contributed by atoms with Gasteiger partial charge < -0.3 is 20.1 Å². The molecule has 2 N–H and O–H groups in total. The number of hydrogen-bond donors (Lipinski definition) is 2. The summed E-state index contributed by atoms with van der Waals surface area (Å²) in [6.07, 6.45) is -2.68. The maximum absolute atomic E-state index is 13.1. The molecule has 28 heavy (non-hydrogen) atoms. The molecule has 0 aliphatic carbocycles. The quantitative estimate of drug-likeness (QED) is 0.787. The highest BCUT2D eigenvalue weighted by Gasteiger charge is 2.35. The van der Waals surface area contributed by atoms with E-state index in [-0.39, 0.29) is 37.5 Å². The van der Waals surface area contributed by atoms with E-state index >= 15 is 0 Å². The molecule has 3 rings (SSSR count). The van der Waals surface area contributed by atoms with Gasteiger partial charge in [0.1, 0.15) is 11.6 Å². The van der Waals surface area contributed by atoms with Gasteiger partial charge in [0.15, 0.2) is 6.61 Å². The van der Waals surface area contributed by atoms with Gasteiger partial charge in [-0.15, -0.1) is 0 Å². The first-order chi connectivity index (χ1) is 13.4. The highest BCUT2D eigenvalue weighted by molar-refractivity contribution is 5.78. The zero-order valence-corrected chi connectivity index (χ0v) is 14.9. The van der Waals surface area contributed by atoms with E-state index in [1.54, 1.807) is 29.2 Å². The van der Waals surface area contributed by atoms with Gasteiger partial charge in [-0.25, -0.2) is 4.98 Å². The third-order valence-corrected chi connectivity index (χ3v) is 4.46. The molecule has 1 atom stereocenters. The van der Waals surface area contributed by atoms with E-state index in [0.29, 0.717) is 18.7 Å². The van der Waals surface area contributed by atoms with Crippen LogP contribution in [0.25, 0.3) is 0 Å². The molecule has 0 spiro atoms. The molecular weight excluding hydrogens is 375 g/mol. The molecule has 2 aromatic rings. The fraction of sp³-hybridized carbons (Fsp3) is 0.368. The number of aliphatic hydroxyl groups is 1. The number of aromatic nitrogens is 1. The van der Waals surface area contributed by atoms with Crippen LogP contribution in [-0.4, -0.2) is 46.6 Å². The van der Waals surface area contributed by atoms with Gasteiger partial charge in [0.25, 0.3) is 5.91 Å². The average Bonchev–Trinajstić information content (AvgIpc) is 3.14. The molecule has 0 unspecified atom stereocenters. The summed E-state index contributed by atoms with van der Waals surface area (Å²) >= 11 is 0. The molecule has 1 aliphatic heterocycles. The summed E-state index contributed by atoms with van der Waals surface area (Å²) < 4.78 is 44.6. The largest absolute Gasteiger partial charge is 0.484 e. The number of nitrogens with one attached hydrogen (secondary N) is 1. The lowest BCUT2D eigenvalue weighted by Crippen LogP contribution is -2.35. The first kappa shape index (κ1) is 19.9. The van der Waals surface area contributed by atoms with E-state index in [9.17, 15) is 18.0 Å². The average molecular weight is 395 g/mol. The number of ether oxygens (including phenoxy) is 1. The molecule has 1 aromatic heterocycles. The van der Waals surface area contributed by atoms with Crippen LogP contribution in [0.15, 0.2) is 42.6 Å². The van der Waals surface area contributed by atoms with Gasteiger partial charge in [-0.05, 0) is 36.2 Å². The molecule has 1 saturated heterocycles. The van der Waals surface area contributed by atoms with E-state index in [1.807, 2.05) is 0 Å². The van der Waals surface area contributed by atoms with Crippen LogP contribution in [0.1, 0.15) is 17.5 Å². The number of likely N-dealkylation sites (tertiary alicyclic amines) is 1. The lowest BCUT2D eigenvalue weighted by atomic mass is 10.2. The molecule has 1 aromatic carbocycles.